The van der Waals surface area contributed by atoms with Gasteiger partial charge in [0, 0.05) is 0 Å². The molecule has 0 N–H and O–H groups in total. The Morgan fingerprint density at radius 1 is 0.875 bits per heavy atom. The molecule has 0 saturated heterocycles. The van der Waals surface area contributed by atoms with Crippen LogP contribution in [0.2, 0.25) is 0 Å². The van der Waals surface area contributed by atoms with Gasteiger partial charge < -0.3 is 18.5 Å². The molecule has 1 atom stereocenters. The first-order valence-electron chi connectivity index (χ1n) is 8.66. The lowest BCUT2D eigenvalue weighted by Gasteiger charge is -2.25. The van der Waals surface area contributed by atoms with E-state index < -0.39 is 25.2 Å². The molecule has 0 radical (unpaired) electrons. The Kier molecular flexibility index (Phi) is 12.9. The standard InChI is InChI=1S/C16H31O7P/c1-5-9-11-22-24(19,23-12-10-6-2)14(16(18)21-8-4)13-15(17)20-7-3/h14H,5-13H2,1-4H3. The van der Waals surface area contributed by atoms with Gasteiger partial charge in [0.1, 0.15) is 0 Å². The van der Waals surface area contributed by atoms with Gasteiger partial charge in [0.2, 0.25) is 0 Å². The monoisotopic (exact) mass is 366 g/mol. The molecule has 1 unspecified atom stereocenters. The molecule has 8 heteroatoms. The highest BCUT2D eigenvalue weighted by Crippen LogP contribution is 2.55. The molecule has 0 rings (SSSR count). The van der Waals surface area contributed by atoms with Gasteiger partial charge >= 0.3 is 19.5 Å². The summed E-state index contributed by atoms with van der Waals surface area (Å²) in [5.74, 6) is -1.39. The maximum Gasteiger partial charge on any atom is 0.345 e. The van der Waals surface area contributed by atoms with Gasteiger partial charge in [0.15, 0.2) is 5.66 Å². The quantitative estimate of drug-likeness (QED) is 0.263. The lowest BCUT2D eigenvalue weighted by Crippen LogP contribution is -2.29. The highest BCUT2D eigenvalue weighted by Gasteiger charge is 2.44. The van der Waals surface area contributed by atoms with E-state index in [4.69, 9.17) is 18.5 Å². The Labute approximate surface area is 144 Å². The Morgan fingerprint density at radius 3 is 1.79 bits per heavy atom. The first-order valence-corrected chi connectivity index (χ1v) is 10.3. The Hall–Kier alpha value is -0.910. The number of hydrogen-bond donors (Lipinski definition) is 0. The minimum absolute atomic E-state index is 0.113. The van der Waals surface area contributed by atoms with Crippen molar-refractivity contribution in [3.05, 3.63) is 0 Å². The Morgan fingerprint density at radius 2 is 1.38 bits per heavy atom. The molecule has 0 amide bonds. The van der Waals surface area contributed by atoms with Crippen LogP contribution in [0.15, 0.2) is 0 Å². The molecule has 0 fully saturated rings. The summed E-state index contributed by atoms with van der Waals surface area (Å²) in [4.78, 5) is 24.0. The largest absolute Gasteiger partial charge is 0.466 e. The first-order chi connectivity index (χ1) is 11.4. The molecule has 0 bridgehead atoms. The van der Waals surface area contributed by atoms with Crippen molar-refractivity contribution in [1.29, 1.82) is 0 Å². The number of esters is 2. The molecule has 0 aliphatic heterocycles. The molecular formula is C16H31O7P. The van der Waals surface area contributed by atoms with Gasteiger partial charge in [0.05, 0.1) is 32.8 Å². The van der Waals surface area contributed by atoms with Crippen molar-refractivity contribution in [2.75, 3.05) is 26.4 Å². The maximum atomic E-state index is 13.2. The zero-order chi connectivity index (χ0) is 18.4. The molecule has 0 saturated carbocycles. The summed E-state index contributed by atoms with van der Waals surface area (Å²) in [6.07, 6.45) is 2.65. The minimum Gasteiger partial charge on any atom is -0.466 e. The van der Waals surface area contributed by atoms with E-state index >= 15 is 0 Å². The zero-order valence-corrected chi connectivity index (χ0v) is 16.1. The van der Waals surface area contributed by atoms with Crippen LogP contribution in [0, 0.1) is 0 Å². The second kappa shape index (κ2) is 13.4. The topological polar surface area (TPSA) is 88.1 Å². The second-order valence-corrected chi connectivity index (χ2v) is 7.41. The average molecular weight is 366 g/mol. The van der Waals surface area contributed by atoms with Crippen LogP contribution in [0.25, 0.3) is 0 Å². The van der Waals surface area contributed by atoms with Crippen molar-refractivity contribution in [3.63, 3.8) is 0 Å². The van der Waals surface area contributed by atoms with Crippen LogP contribution in [0.1, 0.15) is 59.8 Å². The molecule has 0 aromatic rings. The lowest BCUT2D eigenvalue weighted by molar-refractivity contribution is -0.149. The van der Waals surface area contributed by atoms with Gasteiger partial charge in [-0.2, -0.15) is 0 Å². The Balaban J connectivity index is 5.28. The van der Waals surface area contributed by atoms with Crippen molar-refractivity contribution in [3.8, 4) is 0 Å². The van der Waals surface area contributed by atoms with Crippen LogP contribution >= 0.6 is 7.60 Å². The van der Waals surface area contributed by atoms with E-state index in [-0.39, 0.29) is 32.8 Å². The average Bonchev–Trinajstić information content (AvgIpc) is 2.53. The van der Waals surface area contributed by atoms with Gasteiger partial charge in [-0.05, 0) is 26.7 Å². The third-order valence-corrected chi connectivity index (χ3v) is 5.39. The third kappa shape index (κ3) is 8.81. The predicted octanol–water partition coefficient (Wildman–Crippen LogP) is 3.70. The molecule has 0 heterocycles. The molecule has 0 spiro atoms. The van der Waals surface area contributed by atoms with Crippen molar-refractivity contribution < 1.29 is 32.7 Å². The first kappa shape index (κ1) is 23.1. The van der Waals surface area contributed by atoms with Crippen LogP contribution in [0.4, 0.5) is 0 Å². The molecule has 0 aliphatic rings. The van der Waals surface area contributed by atoms with E-state index in [9.17, 15) is 14.2 Å². The van der Waals surface area contributed by atoms with E-state index in [1.807, 2.05) is 13.8 Å². The van der Waals surface area contributed by atoms with Crippen molar-refractivity contribution in [2.45, 2.75) is 65.5 Å². The lowest BCUT2D eigenvalue weighted by atomic mass is 10.3. The van der Waals surface area contributed by atoms with Gasteiger partial charge in [-0.25, -0.2) is 0 Å². The highest BCUT2D eigenvalue weighted by molar-refractivity contribution is 7.55. The molecule has 0 aliphatic carbocycles. The summed E-state index contributed by atoms with van der Waals surface area (Å²) in [7, 11) is -3.83. The molecule has 24 heavy (non-hydrogen) atoms. The van der Waals surface area contributed by atoms with Gasteiger partial charge in [-0.3, -0.25) is 14.2 Å². The maximum absolute atomic E-state index is 13.2. The van der Waals surface area contributed by atoms with Crippen LogP contribution in [-0.4, -0.2) is 44.0 Å². The number of carbonyl (C=O) groups is 2. The van der Waals surface area contributed by atoms with E-state index in [2.05, 4.69) is 0 Å². The fourth-order valence-electron chi connectivity index (χ4n) is 1.83. The molecule has 0 aromatic heterocycles. The van der Waals surface area contributed by atoms with Gasteiger partial charge in [-0.1, -0.05) is 26.7 Å². The van der Waals surface area contributed by atoms with E-state index in [0.717, 1.165) is 12.8 Å². The zero-order valence-electron chi connectivity index (χ0n) is 15.2. The van der Waals surface area contributed by atoms with Gasteiger partial charge in [-0.15, -0.1) is 0 Å². The van der Waals surface area contributed by atoms with Gasteiger partial charge in [0.25, 0.3) is 0 Å². The summed E-state index contributed by atoms with van der Waals surface area (Å²) in [5, 5.41) is 0. The van der Waals surface area contributed by atoms with E-state index in [1.54, 1.807) is 13.8 Å². The summed E-state index contributed by atoms with van der Waals surface area (Å²) in [6, 6.07) is 0. The van der Waals surface area contributed by atoms with Crippen molar-refractivity contribution in [1.82, 2.24) is 0 Å². The van der Waals surface area contributed by atoms with Crippen LogP contribution in [0.5, 0.6) is 0 Å². The van der Waals surface area contributed by atoms with Crippen LogP contribution in [0.3, 0.4) is 0 Å². The summed E-state index contributed by atoms with van der Waals surface area (Å²) >= 11 is 0. The predicted molar refractivity (Wildman–Crippen MR) is 91.0 cm³/mol. The SMILES string of the molecule is CCCCOP(=O)(OCCCC)C(CC(=O)OCC)C(=O)OCC. The molecule has 7 nitrogen and oxygen atoms in total. The number of hydrogen-bond acceptors (Lipinski definition) is 7. The number of ether oxygens (including phenoxy) is 2. The highest BCUT2D eigenvalue weighted by atomic mass is 31.2. The third-order valence-electron chi connectivity index (χ3n) is 3.14. The van der Waals surface area contributed by atoms with Crippen LogP contribution < -0.4 is 0 Å². The number of rotatable bonds is 14. The molecule has 0 aromatic carbocycles. The molecule has 142 valence electrons. The fraction of sp³-hybridized carbons (Fsp3) is 0.875. The van der Waals surface area contributed by atoms with Crippen molar-refractivity contribution in [2.24, 2.45) is 0 Å². The summed E-state index contributed by atoms with van der Waals surface area (Å²) in [6.45, 7) is 7.90. The smallest absolute Gasteiger partial charge is 0.345 e. The van der Waals surface area contributed by atoms with E-state index in [1.165, 1.54) is 0 Å². The fourth-order valence-corrected chi connectivity index (χ4v) is 3.74. The number of unbranched alkanes of at least 4 members (excludes halogenated alkanes) is 2. The molecular weight excluding hydrogens is 335 g/mol. The summed E-state index contributed by atoms with van der Waals surface area (Å²) in [5.41, 5.74) is -1.30. The van der Waals surface area contributed by atoms with Crippen LogP contribution in [-0.2, 0) is 32.7 Å². The normalized spacial score (nSPS) is 12.7. The Bertz CT molecular complexity index is 397. The summed E-state index contributed by atoms with van der Waals surface area (Å²) < 4.78 is 33.9. The number of carbonyl (C=O) groups excluding carboxylic acids is 2. The second-order valence-electron chi connectivity index (χ2n) is 5.19. The van der Waals surface area contributed by atoms with Crippen molar-refractivity contribution >= 4 is 19.5 Å². The minimum atomic E-state index is -3.83. The van der Waals surface area contributed by atoms with E-state index in [0.29, 0.717) is 12.8 Å².